The second kappa shape index (κ2) is 9.80. The number of nitrogens with one attached hydrogen (secondary N) is 1. The molecule has 9 heteroatoms. The average molecular weight is 470 g/mol. The summed E-state index contributed by atoms with van der Waals surface area (Å²) in [5.74, 6) is -1.53. The first-order valence-corrected chi connectivity index (χ1v) is 11.3. The summed E-state index contributed by atoms with van der Waals surface area (Å²) in [5, 5.41) is 3.53. The largest absolute Gasteiger partial charge is 0.495 e. The van der Waals surface area contributed by atoms with Gasteiger partial charge in [0, 0.05) is 55.9 Å². The lowest BCUT2D eigenvalue weighted by Gasteiger charge is -2.27. The summed E-state index contributed by atoms with van der Waals surface area (Å²) >= 11 is 0. The predicted molar refractivity (Wildman–Crippen MR) is 130 cm³/mol. The second-order valence-electron chi connectivity index (χ2n) is 8.67. The van der Waals surface area contributed by atoms with Gasteiger partial charge in [-0.2, -0.15) is 0 Å². The highest BCUT2D eigenvalue weighted by atomic mass is 19.1. The van der Waals surface area contributed by atoms with Crippen LogP contribution in [0.4, 0.5) is 25.8 Å². The van der Waals surface area contributed by atoms with Gasteiger partial charge in [-0.1, -0.05) is 0 Å². The van der Waals surface area contributed by atoms with Gasteiger partial charge in [0.2, 0.25) is 0 Å². The van der Waals surface area contributed by atoms with Gasteiger partial charge in [-0.25, -0.2) is 8.78 Å². The van der Waals surface area contributed by atoms with Crippen LogP contribution in [-0.2, 0) is 0 Å². The number of aromatic nitrogens is 1. The summed E-state index contributed by atoms with van der Waals surface area (Å²) in [6.45, 7) is 7.94. The third-order valence-corrected chi connectivity index (χ3v) is 6.23. The number of halogens is 2. The van der Waals surface area contributed by atoms with Crippen LogP contribution in [0.2, 0.25) is 0 Å². The lowest BCUT2D eigenvalue weighted by Crippen LogP contribution is -2.35. The van der Waals surface area contributed by atoms with Crippen molar-refractivity contribution in [2.75, 3.05) is 43.5 Å². The number of nitrogens with two attached hydrogens (primary N) is 1. The molecule has 34 heavy (non-hydrogen) atoms. The van der Waals surface area contributed by atoms with Gasteiger partial charge in [-0.05, 0) is 38.5 Å². The van der Waals surface area contributed by atoms with E-state index in [0.717, 1.165) is 50.4 Å². The van der Waals surface area contributed by atoms with E-state index in [4.69, 9.17) is 10.5 Å². The van der Waals surface area contributed by atoms with Crippen molar-refractivity contribution in [3.05, 3.63) is 53.7 Å². The maximum Gasteiger partial charge on any atom is 0.252 e. The van der Waals surface area contributed by atoms with Crippen LogP contribution in [0.15, 0.2) is 36.5 Å². The number of methoxy groups -OCH3 is 1. The molecule has 1 saturated heterocycles. The number of hydrogen-bond donors (Lipinski definition) is 2. The first kappa shape index (κ1) is 23.7. The molecule has 0 saturated carbocycles. The molecule has 7 nitrogen and oxygen atoms in total. The molecule has 2 aromatic carbocycles. The number of pyridine rings is 1. The van der Waals surface area contributed by atoms with Crippen LogP contribution in [-0.4, -0.2) is 55.1 Å². The van der Waals surface area contributed by atoms with Gasteiger partial charge >= 0.3 is 0 Å². The number of ether oxygens (including phenoxy) is 1. The van der Waals surface area contributed by atoms with E-state index in [9.17, 15) is 13.6 Å². The van der Waals surface area contributed by atoms with E-state index in [1.807, 2.05) is 6.07 Å². The average Bonchev–Trinajstić information content (AvgIpc) is 3.06. The molecule has 3 N–H and O–H groups in total. The highest BCUT2D eigenvalue weighted by Gasteiger charge is 2.22. The summed E-state index contributed by atoms with van der Waals surface area (Å²) in [4.78, 5) is 21.3. The fourth-order valence-corrected chi connectivity index (χ4v) is 4.36. The van der Waals surface area contributed by atoms with Crippen molar-refractivity contribution in [2.45, 2.75) is 26.3 Å². The first-order valence-electron chi connectivity index (χ1n) is 11.3. The number of rotatable bonds is 6. The van der Waals surface area contributed by atoms with Gasteiger partial charge in [0.15, 0.2) is 0 Å². The van der Waals surface area contributed by atoms with E-state index in [2.05, 4.69) is 33.9 Å². The van der Waals surface area contributed by atoms with Crippen LogP contribution in [0.5, 0.6) is 5.75 Å². The molecule has 4 rings (SSSR count). The minimum absolute atomic E-state index is 0.0242. The van der Waals surface area contributed by atoms with Gasteiger partial charge < -0.3 is 20.7 Å². The van der Waals surface area contributed by atoms with Gasteiger partial charge in [-0.15, -0.1) is 0 Å². The standard InChI is InChI=1S/C25H29F2N5O2/c1-15(2)31-7-4-8-32(10-9-31)22-12-17-21(13-23(22)34-3)29-14-18(25(28)33)24(17)30-20-6-5-16(26)11-19(20)27/h5-6,11-15H,4,7-10H2,1-3H3,(H2,28,33)(H,29,30). The Hall–Kier alpha value is -3.46. The number of carbonyl (C=O) groups excluding carboxylic acids is 1. The highest BCUT2D eigenvalue weighted by Crippen LogP contribution is 2.38. The Bertz CT molecular complexity index is 1220. The van der Waals surface area contributed by atoms with Crippen molar-refractivity contribution in [1.29, 1.82) is 0 Å². The van der Waals surface area contributed by atoms with Crippen LogP contribution in [0.3, 0.4) is 0 Å². The monoisotopic (exact) mass is 469 g/mol. The zero-order valence-electron chi connectivity index (χ0n) is 19.6. The smallest absolute Gasteiger partial charge is 0.252 e. The molecule has 1 aromatic heterocycles. The molecule has 1 aliphatic rings. The number of amides is 1. The van der Waals surface area contributed by atoms with E-state index in [1.165, 1.54) is 12.3 Å². The molecule has 180 valence electrons. The van der Waals surface area contributed by atoms with Crippen LogP contribution < -0.4 is 20.7 Å². The van der Waals surface area contributed by atoms with Crippen molar-refractivity contribution in [1.82, 2.24) is 9.88 Å². The molecule has 0 unspecified atom stereocenters. The Balaban J connectivity index is 1.83. The maximum absolute atomic E-state index is 14.4. The van der Waals surface area contributed by atoms with Crippen molar-refractivity contribution in [2.24, 2.45) is 5.73 Å². The van der Waals surface area contributed by atoms with Gasteiger partial charge in [0.1, 0.15) is 17.4 Å². The maximum atomic E-state index is 14.4. The summed E-state index contributed by atoms with van der Waals surface area (Å²) in [6, 6.07) is 7.35. The summed E-state index contributed by atoms with van der Waals surface area (Å²) in [7, 11) is 1.60. The Labute approximate surface area is 197 Å². The summed E-state index contributed by atoms with van der Waals surface area (Å²) in [6.07, 6.45) is 2.34. The van der Waals surface area contributed by atoms with Crippen LogP contribution in [0.1, 0.15) is 30.6 Å². The van der Waals surface area contributed by atoms with Gasteiger partial charge in [-0.3, -0.25) is 14.7 Å². The highest BCUT2D eigenvalue weighted by molar-refractivity contribution is 6.08. The molecular weight excluding hydrogens is 440 g/mol. The molecule has 1 fully saturated rings. The number of hydrogen-bond acceptors (Lipinski definition) is 6. The van der Waals surface area contributed by atoms with E-state index in [-0.39, 0.29) is 11.3 Å². The van der Waals surface area contributed by atoms with Crippen LogP contribution in [0, 0.1) is 11.6 Å². The van der Waals surface area contributed by atoms with E-state index in [0.29, 0.717) is 28.4 Å². The molecule has 3 aromatic rings. The topological polar surface area (TPSA) is 83.7 Å². The normalized spacial score (nSPS) is 14.9. The second-order valence-corrected chi connectivity index (χ2v) is 8.67. The first-order chi connectivity index (χ1) is 16.3. The van der Waals surface area contributed by atoms with Crippen molar-refractivity contribution in [3.63, 3.8) is 0 Å². The fraction of sp³-hybridized carbons (Fsp3) is 0.360. The Morgan fingerprint density at radius 2 is 1.94 bits per heavy atom. The molecule has 0 atom stereocenters. The molecule has 0 aliphatic carbocycles. The Morgan fingerprint density at radius 1 is 1.15 bits per heavy atom. The van der Waals surface area contributed by atoms with Gasteiger partial charge in [0.05, 0.1) is 35.3 Å². The van der Waals surface area contributed by atoms with E-state index >= 15 is 0 Å². The van der Waals surface area contributed by atoms with Crippen LogP contribution in [0.25, 0.3) is 10.9 Å². The van der Waals surface area contributed by atoms with E-state index in [1.54, 1.807) is 13.2 Å². The quantitative estimate of drug-likeness (QED) is 0.561. The molecule has 0 spiro atoms. The number of primary amides is 1. The van der Waals surface area contributed by atoms with E-state index < -0.39 is 17.5 Å². The van der Waals surface area contributed by atoms with Crippen molar-refractivity contribution < 1.29 is 18.3 Å². The van der Waals surface area contributed by atoms with Gasteiger partial charge in [0.25, 0.3) is 5.91 Å². The van der Waals surface area contributed by atoms with Crippen molar-refractivity contribution >= 4 is 33.9 Å². The third kappa shape index (κ3) is 4.75. The molecular formula is C25H29F2N5O2. The van der Waals surface area contributed by atoms with Crippen LogP contribution >= 0.6 is 0 Å². The molecule has 2 heterocycles. The number of anilines is 3. The minimum atomic E-state index is -0.782. The minimum Gasteiger partial charge on any atom is -0.495 e. The number of fused-ring (bicyclic) bond motifs is 1. The third-order valence-electron chi connectivity index (χ3n) is 6.23. The Kier molecular flexibility index (Phi) is 6.83. The number of benzene rings is 2. The predicted octanol–water partition coefficient (Wildman–Crippen LogP) is 4.28. The molecule has 1 aliphatic heterocycles. The fourth-order valence-electron chi connectivity index (χ4n) is 4.36. The number of nitrogens with zero attached hydrogens (tertiary/aromatic N) is 3. The lowest BCUT2D eigenvalue weighted by molar-refractivity contribution is 0.100. The SMILES string of the molecule is COc1cc2ncc(C(N)=O)c(Nc3ccc(F)cc3F)c2cc1N1CCCN(C(C)C)CC1. The molecule has 0 bridgehead atoms. The molecule has 1 amide bonds. The lowest BCUT2D eigenvalue weighted by atomic mass is 10.1. The zero-order valence-corrected chi connectivity index (χ0v) is 19.6. The summed E-state index contributed by atoms with van der Waals surface area (Å²) < 4.78 is 33.5. The molecule has 0 radical (unpaired) electrons. The Morgan fingerprint density at radius 3 is 2.62 bits per heavy atom. The zero-order chi connectivity index (χ0) is 24.4. The summed E-state index contributed by atoms with van der Waals surface area (Å²) in [5.41, 5.74) is 7.45. The van der Waals surface area contributed by atoms with Crippen molar-refractivity contribution in [3.8, 4) is 5.75 Å². The number of carbonyl (C=O) groups is 1.